The fourth-order valence-electron chi connectivity index (χ4n) is 4.96. The molecule has 2 amide bonds. The summed E-state index contributed by atoms with van der Waals surface area (Å²) in [4.78, 5) is 29.2. The van der Waals surface area contributed by atoms with Gasteiger partial charge >= 0.3 is 18.4 Å². The topological polar surface area (TPSA) is 77.5 Å². The number of urea groups is 1. The van der Waals surface area contributed by atoms with Gasteiger partial charge in [0.25, 0.3) is 0 Å². The van der Waals surface area contributed by atoms with Crippen molar-refractivity contribution in [1.82, 2.24) is 9.80 Å². The lowest BCUT2D eigenvalue weighted by Gasteiger charge is -2.41. The number of benzene rings is 2. The van der Waals surface area contributed by atoms with Gasteiger partial charge in [-0.25, -0.2) is 9.59 Å². The minimum atomic E-state index is -4.87. The van der Waals surface area contributed by atoms with E-state index in [0.29, 0.717) is 48.4 Å². The fourth-order valence-corrected chi connectivity index (χ4v) is 4.96. The van der Waals surface area contributed by atoms with Gasteiger partial charge in [-0.1, -0.05) is 12.1 Å². The van der Waals surface area contributed by atoms with Crippen LogP contribution in [0.15, 0.2) is 36.4 Å². The third-order valence-corrected chi connectivity index (χ3v) is 6.49. The lowest BCUT2D eigenvalue weighted by molar-refractivity contribution is -0.274. The predicted molar refractivity (Wildman–Crippen MR) is 122 cm³/mol. The fraction of sp³-hybridized carbons (Fsp3) is 0.440. The van der Waals surface area contributed by atoms with Gasteiger partial charge in [-0.05, 0) is 48.6 Å². The van der Waals surface area contributed by atoms with Crippen LogP contribution in [0.2, 0.25) is 0 Å². The maximum Gasteiger partial charge on any atom is 0.573 e. The first-order valence-electron chi connectivity index (χ1n) is 11.4. The molecular weight excluding hydrogens is 481 g/mol. The molecule has 2 heterocycles. The first-order chi connectivity index (χ1) is 17.2. The van der Waals surface area contributed by atoms with Crippen molar-refractivity contribution >= 4 is 12.0 Å². The monoisotopic (exact) mass is 508 g/mol. The summed E-state index contributed by atoms with van der Waals surface area (Å²) in [6, 6.07) is 7.12. The molecule has 2 aromatic rings. The molecule has 0 bridgehead atoms. The maximum atomic E-state index is 13.8. The Labute approximate surface area is 206 Å². The number of esters is 1. The zero-order valence-corrected chi connectivity index (χ0v) is 20.1. The molecule has 2 aliphatic rings. The molecule has 2 aromatic carbocycles. The highest BCUT2D eigenvalue weighted by Gasteiger charge is 2.42. The normalized spacial score (nSPS) is 19.5. The number of hydrogen-bond donors (Lipinski definition) is 0. The smallest absolute Gasteiger partial charge is 0.497 e. The van der Waals surface area contributed by atoms with Crippen molar-refractivity contribution in [2.24, 2.45) is 0 Å². The Kier molecular flexibility index (Phi) is 7.18. The van der Waals surface area contributed by atoms with Crippen molar-refractivity contribution in [2.75, 3.05) is 34.4 Å². The molecule has 4 rings (SSSR count). The van der Waals surface area contributed by atoms with Gasteiger partial charge in [0.15, 0.2) is 0 Å². The number of amides is 2. The van der Waals surface area contributed by atoms with Crippen molar-refractivity contribution in [3.05, 3.63) is 53.1 Å². The summed E-state index contributed by atoms with van der Waals surface area (Å²) in [6.45, 7) is 0.632. The summed E-state index contributed by atoms with van der Waals surface area (Å²) < 4.78 is 58.9. The van der Waals surface area contributed by atoms with Crippen molar-refractivity contribution in [2.45, 2.75) is 37.7 Å². The van der Waals surface area contributed by atoms with Gasteiger partial charge in [0.05, 0.1) is 27.4 Å². The number of nitrogens with zero attached hydrogens (tertiary/aromatic N) is 2. The predicted octanol–water partition coefficient (Wildman–Crippen LogP) is 4.31. The van der Waals surface area contributed by atoms with Crippen LogP contribution in [0.5, 0.6) is 17.2 Å². The molecule has 0 aromatic heterocycles. The van der Waals surface area contributed by atoms with Crippen LogP contribution in [0.25, 0.3) is 0 Å². The summed E-state index contributed by atoms with van der Waals surface area (Å²) >= 11 is 0. The average Bonchev–Trinajstić information content (AvgIpc) is 3.35. The van der Waals surface area contributed by atoms with Crippen LogP contribution >= 0.6 is 0 Å². The van der Waals surface area contributed by atoms with Gasteiger partial charge in [0.2, 0.25) is 0 Å². The zero-order valence-electron chi connectivity index (χ0n) is 20.1. The molecule has 2 unspecified atom stereocenters. The molecule has 2 aliphatic heterocycles. The van der Waals surface area contributed by atoms with E-state index in [1.165, 1.54) is 44.4 Å². The highest BCUT2D eigenvalue weighted by Crippen LogP contribution is 2.44. The van der Waals surface area contributed by atoms with Crippen molar-refractivity contribution in [1.29, 1.82) is 0 Å². The number of rotatable bonds is 5. The molecule has 8 nitrogen and oxygen atoms in total. The van der Waals surface area contributed by atoms with E-state index in [1.807, 2.05) is 6.07 Å². The average molecular weight is 508 g/mol. The number of halogens is 3. The Bertz CT molecular complexity index is 1120. The number of hydrogen-bond acceptors (Lipinski definition) is 6. The van der Waals surface area contributed by atoms with Crippen LogP contribution < -0.4 is 14.2 Å². The Morgan fingerprint density at radius 1 is 0.972 bits per heavy atom. The summed E-state index contributed by atoms with van der Waals surface area (Å²) in [7, 11) is 4.27. The summed E-state index contributed by atoms with van der Waals surface area (Å²) in [5.74, 6) is 0.0850. The number of alkyl halides is 3. The molecular formula is C25H27F3N2O6. The van der Waals surface area contributed by atoms with Gasteiger partial charge in [-0.3, -0.25) is 0 Å². The molecule has 0 spiro atoms. The van der Waals surface area contributed by atoms with E-state index in [0.717, 1.165) is 5.56 Å². The van der Waals surface area contributed by atoms with E-state index in [9.17, 15) is 22.8 Å². The van der Waals surface area contributed by atoms with Gasteiger partial charge in [0.1, 0.15) is 23.3 Å². The van der Waals surface area contributed by atoms with Crippen LogP contribution in [-0.2, 0) is 16.0 Å². The summed E-state index contributed by atoms with van der Waals surface area (Å²) in [5, 5.41) is 0. The van der Waals surface area contributed by atoms with Gasteiger partial charge < -0.3 is 28.7 Å². The van der Waals surface area contributed by atoms with E-state index in [2.05, 4.69) is 4.74 Å². The number of carbonyl (C=O) groups is 2. The molecule has 1 saturated heterocycles. The van der Waals surface area contributed by atoms with Gasteiger partial charge in [-0.15, -0.1) is 13.2 Å². The second-order valence-corrected chi connectivity index (χ2v) is 8.53. The van der Waals surface area contributed by atoms with E-state index < -0.39 is 36.2 Å². The highest BCUT2D eigenvalue weighted by atomic mass is 19.4. The van der Waals surface area contributed by atoms with Crippen LogP contribution in [0.1, 0.15) is 35.6 Å². The number of methoxy groups -OCH3 is 3. The Morgan fingerprint density at radius 3 is 2.42 bits per heavy atom. The second kappa shape index (κ2) is 10.2. The number of ether oxygens (including phenoxy) is 4. The Hall–Kier alpha value is -3.63. The SMILES string of the molecule is COC(=O)C1CCCN1C(=O)N1CCc2cc(OC)cc(OC)c2C1c1cccc(OC(F)(F)F)c1. The molecule has 0 N–H and O–H groups in total. The van der Waals surface area contributed by atoms with E-state index in [4.69, 9.17) is 14.2 Å². The van der Waals surface area contributed by atoms with Crippen molar-refractivity contribution in [3.8, 4) is 17.2 Å². The van der Waals surface area contributed by atoms with Crippen LogP contribution in [0.3, 0.4) is 0 Å². The largest absolute Gasteiger partial charge is 0.573 e. The quantitative estimate of drug-likeness (QED) is 0.561. The highest BCUT2D eigenvalue weighted by molar-refractivity contribution is 5.85. The molecule has 194 valence electrons. The minimum Gasteiger partial charge on any atom is -0.497 e. The lowest BCUT2D eigenvalue weighted by atomic mass is 9.87. The standard InChI is InChI=1S/C25H27F3N2O6/c1-33-18-12-15-9-11-30(24(32)29-10-5-8-19(29)23(31)35-3)22(21(15)20(14-18)34-2)16-6-4-7-17(13-16)36-25(26,27)28/h4,6-7,12-14,19,22H,5,8-11H2,1-3H3. The number of carbonyl (C=O) groups excluding carboxylic acids is 2. The van der Waals surface area contributed by atoms with Crippen LogP contribution in [-0.4, -0.2) is 68.6 Å². The third-order valence-electron chi connectivity index (χ3n) is 6.49. The van der Waals surface area contributed by atoms with Crippen LogP contribution in [0, 0.1) is 0 Å². The Morgan fingerprint density at radius 2 is 1.75 bits per heavy atom. The maximum absolute atomic E-state index is 13.8. The van der Waals surface area contributed by atoms with Gasteiger partial charge in [0, 0.05) is 24.7 Å². The first kappa shape index (κ1) is 25.5. The summed E-state index contributed by atoms with van der Waals surface area (Å²) in [6.07, 6.45) is -3.30. The minimum absolute atomic E-state index is 0.265. The van der Waals surface area contributed by atoms with E-state index in [1.54, 1.807) is 17.0 Å². The molecule has 2 atom stereocenters. The number of likely N-dealkylation sites (tertiary alicyclic amines) is 1. The lowest BCUT2D eigenvalue weighted by Crippen LogP contribution is -2.51. The number of fused-ring (bicyclic) bond motifs is 1. The Balaban J connectivity index is 1.82. The molecule has 11 heteroatoms. The molecule has 1 fully saturated rings. The zero-order chi connectivity index (χ0) is 26.0. The summed E-state index contributed by atoms with van der Waals surface area (Å²) in [5.41, 5.74) is 1.88. The molecule has 0 radical (unpaired) electrons. The van der Waals surface area contributed by atoms with Crippen molar-refractivity contribution < 1.29 is 41.7 Å². The van der Waals surface area contributed by atoms with E-state index >= 15 is 0 Å². The first-order valence-corrected chi connectivity index (χ1v) is 11.4. The molecule has 0 saturated carbocycles. The van der Waals surface area contributed by atoms with E-state index in [-0.39, 0.29) is 6.54 Å². The van der Waals surface area contributed by atoms with Crippen LogP contribution in [0.4, 0.5) is 18.0 Å². The molecule has 0 aliphatic carbocycles. The van der Waals surface area contributed by atoms with Crippen molar-refractivity contribution in [3.63, 3.8) is 0 Å². The second-order valence-electron chi connectivity index (χ2n) is 8.53. The third kappa shape index (κ3) is 5.00. The molecule has 36 heavy (non-hydrogen) atoms. The van der Waals surface area contributed by atoms with Gasteiger partial charge in [-0.2, -0.15) is 0 Å².